The summed E-state index contributed by atoms with van der Waals surface area (Å²) in [5.41, 5.74) is 3.89. The summed E-state index contributed by atoms with van der Waals surface area (Å²) in [6.45, 7) is 1.30. The number of benzene rings is 1. The number of halogens is 1. The lowest BCUT2D eigenvalue weighted by Crippen LogP contribution is -2.24. The number of hydrogen-bond acceptors (Lipinski definition) is 3. The number of carbonyl (C=O) groups excluding carboxylic acids is 1. The van der Waals surface area contributed by atoms with Crippen molar-refractivity contribution in [2.75, 3.05) is 16.8 Å². The van der Waals surface area contributed by atoms with Crippen LogP contribution < -0.4 is 10.2 Å². The number of carbonyl (C=O) groups is 1. The number of nitrogens with zero attached hydrogens (tertiary/aromatic N) is 3. The molecule has 2 aliphatic rings. The highest BCUT2D eigenvalue weighted by Gasteiger charge is 2.30. The van der Waals surface area contributed by atoms with Gasteiger partial charge < -0.3 is 10.2 Å². The van der Waals surface area contributed by atoms with Crippen molar-refractivity contribution in [1.29, 1.82) is 0 Å². The van der Waals surface area contributed by atoms with Crippen LogP contribution in [0.2, 0.25) is 0 Å². The maximum atomic E-state index is 13.5. The van der Waals surface area contributed by atoms with E-state index in [1.165, 1.54) is 36.2 Å². The summed E-state index contributed by atoms with van der Waals surface area (Å²) in [7, 11) is 1.98. The molecular weight excluding hydrogens is 295 g/mol. The lowest BCUT2D eigenvalue weighted by Gasteiger charge is -2.24. The SMILES string of the molecule is Cn1ncc(CN2CCC(=O)Nc3cc(F)ccc32)c1C1CC1. The maximum Gasteiger partial charge on any atom is 0.226 e. The van der Waals surface area contributed by atoms with Gasteiger partial charge in [-0.25, -0.2) is 4.39 Å². The Morgan fingerprint density at radius 1 is 1.39 bits per heavy atom. The summed E-state index contributed by atoms with van der Waals surface area (Å²) < 4.78 is 15.5. The van der Waals surface area contributed by atoms with Gasteiger partial charge in [-0.3, -0.25) is 9.48 Å². The maximum absolute atomic E-state index is 13.5. The van der Waals surface area contributed by atoms with E-state index < -0.39 is 0 Å². The second kappa shape index (κ2) is 5.37. The minimum atomic E-state index is -0.342. The fourth-order valence-corrected chi connectivity index (χ4v) is 3.32. The first-order chi connectivity index (χ1) is 11.1. The molecule has 1 aliphatic carbocycles. The smallest absolute Gasteiger partial charge is 0.226 e. The summed E-state index contributed by atoms with van der Waals surface area (Å²) in [6.07, 6.45) is 4.75. The highest BCUT2D eigenvalue weighted by atomic mass is 19.1. The quantitative estimate of drug-likeness (QED) is 0.948. The van der Waals surface area contributed by atoms with Crippen LogP contribution in [0.5, 0.6) is 0 Å². The second-order valence-corrected chi connectivity index (χ2v) is 6.33. The molecule has 1 aromatic heterocycles. The Bertz CT molecular complexity index is 766. The molecule has 0 radical (unpaired) electrons. The van der Waals surface area contributed by atoms with Crippen LogP contribution in [-0.4, -0.2) is 22.2 Å². The highest BCUT2D eigenvalue weighted by molar-refractivity contribution is 5.96. The minimum Gasteiger partial charge on any atom is -0.365 e. The Balaban J connectivity index is 1.68. The van der Waals surface area contributed by atoms with Crippen LogP contribution in [0.15, 0.2) is 24.4 Å². The molecule has 0 saturated heterocycles. The largest absolute Gasteiger partial charge is 0.365 e. The molecule has 5 nitrogen and oxygen atoms in total. The predicted octanol–water partition coefficient (Wildman–Crippen LogP) is 2.79. The second-order valence-electron chi connectivity index (χ2n) is 6.33. The fourth-order valence-electron chi connectivity index (χ4n) is 3.32. The van der Waals surface area contributed by atoms with Crippen molar-refractivity contribution in [2.45, 2.75) is 31.7 Å². The molecule has 0 spiro atoms. The number of amides is 1. The molecule has 0 bridgehead atoms. The van der Waals surface area contributed by atoms with Gasteiger partial charge in [0.25, 0.3) is 0 Å². The topological polar surface area (TPSA) is 50.2 Å². The Hall–Kier alpha value is -2.37. The average molecular weight is 314 g/mol. The molecule has 0 unspecified atom stereocenters. The molecule has 4 rings (SSSR count). The first-order valence-corrected chi connectivity index (χ1v) is 7.97. The highest BCUT2D eigenvalue weighted by Crippen LogP contribution is 2.42. The van der Waals surface area contributed by atoms with Gasteiger partial charge in [0, 0.05) is 43.7 Å². The van der Waals surface area contributed by atoms with Crippen molar-refractivity contribution >= 4 is 17.3 Å². The monoisotopic (exact) mass is 314 g/mol. The van der Waals surface area contributed by atoms with E-state index in [0.717, 1.165) is 5.69 Å². The molecule has 0 atom stereocenters. The van der Waals surface area contributed by atoms with Crippen molar-refractivity contribution in [2.24, 2.45) is 7.05 Å². The van der Waals surface area contributed by atoms with Crippen LogP contribution in [0.1, 0.15) is 36.4 Å². The van der Waals surface area contributed by atoms with Crippen LogP contribution >= 0.6 is 0 Å². The Morgan fingerprint density at radius 3 is 3.00 bits per heavy atom. The fraction of sp³-hybridized carbons (Fsp3) is 0.412. The molecule has 120 valence electrons. The number of aromatic nitrogens is 2. The predicted molar refractivity (Wildman–Crippen MR) is 85.9 cm³/mol. The molecule has 1 saturated carbocycles. The summed E-state index contributed by atoms with van der Waals surface area (Å²) >= 11 is 0. The molecule has 2 heterocycles. The van der Waals surface area contributed by atoms with Gasteiger partial charge in [0.05, 0.1) is 17.6 Å². The van der Waals surface area contributed by atoms with Gasteiger partial charge >= 0.3 is 0 Å². The Kier molecular flexibility index (Phi) is 3.32. The first-order valence-electron chi connectivity index (χ1n) is 7.97. The summed E-state index contributed by atoms with van der Waals surface area (Å²) in [6, 6.07) is 4.56. The third kappa shape index (κ3) is 2.69. The van der Waals surface area contributed by atoms with E-state index in [1.54, 1.807) is 6.07 Å². The standard InChI is InChI=1S/C17H19FN4O/c1-21-17(11-2-3-11)12(9-19-21)10-22-7-6-16(23)20-14-8-13(18)4-5-15(14)22/h4-5,8-9,11H,2-3,6-7,10H2,1H3,(H,20,23). The van der Waals surface area contributed by atoms with Gasteiger partial charge in [0.2, 0.25) is 5.91 Å². The average Bonchev–Trinajstić information content (AvgIpc) is 3.29. The molecule has 1 N–H and O–H groups in total. The van der Waals surface area contributed by atoms with E-state index in [9.17, 15) is 9.18 Å². The molecule has 1 amide bonds. The number of nitrogens with one attached hydrogen (secondary N) is 1. The molecule has 23 heavy (non-hydrogen) atoms. The van der Waals surface area contributed by atoms with Crippen LogP contribution in [0.25, 0.3) is 0 Å². The van der Waals surface area contributed by atoms with Crippen LogP contribution in [0.3, 0.4) is 0 Å². The van der Waals surface area contributed by atoms with Crippen molar-refractivity contribution in [3.05, 3.63) is 41.5 Å². The molecule has 6 heteroatoms. The Morgan fingerprint density at radius 2 is 2.22 bits per heavy atom. The van der Waals surface area contributed by atoms with E-state index in [2.05, 4.69) is 15.3 Å². The molecule has 1 aliphatic heterocycles. The number of rotatable bonds is 3. The lowest BCUT2D eigenvalue weighted by atomic mass is 10.1. The zero-order valence-electron chi connectivity index (χ0n) is 13.1. The van der Waals surface area contributed by atoms with Gasteiger partial charge in [0.1, 0.15) is 5.82 Å². The van der Waals surface area contributed by atoms with Gasteiger partial charge in [0.15, 0.2) is 0 Å². The molecule has 1 fully saturated rings. The van der Waals surface area contributed by atoms with Crippen molar-refractivity contribution < 1.29 is 9.18 Å². The van der Waals surface area contributed by atoms with Crippen LogP contribution in [-0.2, 0) is 18.4 Å². The van der Waals surface area contributed by atoms with Gasteiger partial charge in [-0.1, -0.05) is 0 Å². The van der Waals surface area contributed by atoms with E-state index >= 15 is 0 Å². The number of fused-ring (bicyclic) bond motifs is 1. The van der Waals surface area contributed by atoms with E-state index in [1.807, 2.05) is 17.9 Å². The van der Waals surface area contributed by atoms with Gasteiger partial charge in [-0.15, -0.1) is 0 Å². The van der Waals surface area contributed by atoms with E-state index in [4.69, 9.17) is 0 Å². The van der Waals surface area contributed by atoms with Crippen molar-refractivity contribution in [3.8, 4) is 0 Å². The number of anilines is 2. The van der Waals surface area contributed by atoms with E-state index in [-0.39, 0.29) is 11.7 Å². The molecule has 2 aromatic rings. The minimum absolute atomic E-state index is 0.0760. The number of hydrogen-bond donors (Lipinski definition) is 1. The third-order valence-corrected chi connectivity index (χ3v) is 4.57. The zero-order valence-corrected chi connectivity index (χ0v) is 13.1. The Labute approximate surface area is 134 Å². The summed E-state index contributed by atoms with van der Waals surface area (Å²) in [5, 5.41) is 7.19. The number of aryl methyl sites for hydroxylation is 1. The molecular formula is C17H19FN4O. The summed E-state index contributed by atoms with van der Waals surface area (Å²) in [5.74, 6) is 0.191. The summed E-state index contributed by atoms with van der Waals surface area (Å²) in [4.78, 5) is 14.0. The zero-order chi connectivity index (χ0) is 16.0. The third-order valence-electron chi connectivity index (χ3n) is 4.57. The molecule has 1 aromatic carbocycles. The van der Waals surface area contributed by atoms with Crippen molar-refractivity contribution in [1.82, 2.24) is 9.78 Å². The van der Waals surface area contributed by atoms with Gasteiger partial charge in [-0.05, 0) is 31.0 Å². The van der Waals surface area contributed by atoms with Crippen LogP contribution in [0.4, 0.5) is 15.8 Å². The van der Waals surface area contributed by atoms with Crippen molar-refractivity contribution in [3.63, 3.8) is 0 Å². The van der Waals surface area contributed by atoms with Crippen LogP contribution in [0, 0.1) is 5.82 Å². The lowest BCUT2D eigenvalue weighted by molar-refractivity contribution is -0.115. The van der Waals surface area contributed by atoms with Gasteiger partial charge in [-0.2, -0.15) is 5.10 Å². The first kappa shape index (κ1) is 14.2. The van der Waals surface area contributed by atoms with E-state index in [0.29, 0.717) is 31.1 Å². The normalized spacial score (nSPS) is 17.7.